The number of β-amino-alcohol motifs (C(OH)–C–C–N with tert-alkyl or cyclic N) is 1. The van der Waals surface area contributed by atoms with Gasteiger partial charge >= 0.3 is 19.2 Å². The van der Waals surface area contributed by atoms with Crippen molar-refractivity contribution in [3.63, 3.8) is 0 Å². The number of hydrogen-bond acceptors (Lipinski definition) is 9. The zero-order valence-electron chi connectivity index (χ0n) is 28.5. The fourth-order valence-electron chi connectivity index (χ4n) is 5.18. The van der Waals surface area contributed by atoms with Crippen LogP contribution in [0.1, 0.15) is 93.7 Å². The van der Waals surface area contributed by atoms with Crippen molar-refractivity contribution in [1.82, 2.24) is 15.5 Å². The van der Waals surface area contributed by atoms with Crippen LogP contribution in [0.25, 0.3) is 0 Å². The van der Waals surface area contributed by atoms with E-state index in [4.69, 9.17) is 18.8 Å². The maximum absolute atomic E-state index is 13.9. The van der Waals surface area contributed by atoms with Crippen LogP contribution in [0.3, 0.4) is 0 Å². The van der Waals surface area contributed by atoms with Gasteiger partial charge in [0.25, 0.3) is 0 Å². The Morgan fingerprint density at radius 3 is 2.04 bits per heavy atom. The van der Waals surface area contributed by atoms with E-state index in [9.17, 15) is 24.3 Å². The summed E-state index contributed by atoms with van der Waals surface area (Å²) in [6, 6.07) is 4.33. The SMILES string of the molecule is COC(=O)C[C@H](NC(=O)[C@@H]1C[C@@H](O)CN1C(=O)[C@H](NC(=O)OC(C)(C)C)C(C)(C)C)c1ccc(B2OC(C)(C)C(C)(C)O2)cc1. The Labute approximate surface area is 267 Å². The summed E-state index contributed by atoms with van der Waals surface area (Å²) in [6.07, 6.45) is -1.89. The van der Waals surface area contributed by atoms with Crippen LogP contribution in [0.4, 0.5) is 4.79 Å². The summed E-state index contributed by atoms with van der Waals surface area (Å²) in [5, 5.41) is 16.1. The van der Waals surface area contributed by atoms with Crippen LogP contribution in [0.5, 0.6) is 0 Å². The smallest absolute Gasteiger partial charge is 0.469 e. The Morgan fingerprint density at radius 2 is 1.56 bits per heavy atom. The standard InChI is InChI=1S/C32H50BN3O9/c1-29(2,3)25(35-28(41)43-30(4,5)6)27(40)36-18-21(37)16-23(36)26(39)34-22(17-24(38)42-11)19-12-14-20(15-13-19)33-44-31(7,8)32(9,10)45-33/h12-15,21-23,25,37H,16-18H2,1-11H3,(H,34,39)(H,35,41)/t21-,22+,23+,25+/m1/s1. The molecule has 0 unspecified atom stereocenters. The third-order valence-electron chi connectivity index (χ3n) is 8.42. The van der Waals surface area contributed by atoms with Crippen molar-refractivity contribution in [3.05, 3.63) is 29.8 Å². The first-order valence-corrected chi connectivity index (χ1v) is 15.4. The summed E-state index contributed by atoms with van der Waals surface area (Å²) in [5.41, 5.74) is -1.14. The topological polar surface area (TPSA) is 153 Å². The van der Waals surface area contributed by atoms with Crippen LogP contribution in [0.2, 0.25) is 0 Å². The molecule has 1 aromatic carbocycles. The average Bonchev–Trinajstić information content (AvgIpc) is 3.40. The van der Waals surface area contributed by atoms with Gasteiger partial charge in [0.15, 0.2) is 0 Å². The number of aliphatic hydroxyl groups is 1. The number of amides is 3. The average molecular weight is 632 g/mol. The highest BCUT2D eigenvalue weighted by molar-refractivity contribution is 6.62. The van der Waals surface area contributed by atoms with Crippen LogP contribution in [-0.4, -0.2) is 89.6 Å². The van der Waals surface area contributed by atoms with E-state index in [1.807, 2.05) is 39.8 Å². The van der Waals surface area contributed by atoms with E-state index < -0.39 is 77.4 Å². The lowest BCUT2D eigenvalue weighted by molar-refractivity contribution is -0.144. The predicted octanol–water partition coefficient (Wildman–Crippen LogP) is 2.61. The van der Waals surface area contributed by atoms with Crippen LogP contribution < -0.4 is 16.1 Å². The molecule has 2 aliphatic heterocycles. The molecule has 0 bridgehead atoms. The van der Waals surface area contributed by atoms with E-state index in [2.05, 4.69) is 10.6 Å². The second-order valence-corrected chi connectivity index (χ2v) is 14.9. The summed E-state index contributed by atoms with van der Waals surface area (Å²) in [6.45, 7) is 18.3. The highest BCUT2D eigenvalue weighted by Gasteiger charge is 2.52. The molecule has 4 atom stereocenters. The number of nitrogens with zero attached hydrogens (tertiary/aromatic N) is 1. The van der Waals surface area contributed by atoms with Gasteiger partial charge in [0, 0.05) is 13.0 Å². The minimum absolute atomic E-state index is 0.00726. The summed E-state index contributed by atoms with van der Waals surface area (Å²) in [7, 11) is 0.683. The molecule has 2 aliphatic rings. The van der Waals surface area contributed by atoms with Gasteiger partial charge in [0.2, 0.25) is 11.8 Å². The van der Waals surface area contributed by atoms with Gasteiger partial charge in [0.05, 0.1) is 36.9 Å². The molecule has 45 heavy (non-hydrogen) atoms. The lowest BCUT2D eigenvalue weighted by Crippen LogP contribution is -2.58. The number of carbonyl (C=O) groups excluding carboxylic acids is 4. The molecule has 13 heteroatoms. The van der Waals surface area contributed by atoms with Crippen molar-refractivity contribution in [2.45, 2.75) is 123 Å². The van der Waals surface area contributed by atoms with Gasteiger partial charge in [-0.1, -0.05) is 45.0 Å². The Bertz CT molecular complexity index is 1240. The molecular weight excluding hydrogens is 581 g/mol. The van der Waals surface area contributed by atoms with Gasteiger partial charge in [-0.15, -0.1) is 0 Å². The molecule has 0 saturated carbocycles. The van der Waals surface area contributed by atoms with Gasteiger partial charge in [-0.2, -0.15) is 0 Å². The number of aliphatic hydroxyl groups excluding tert-OH is 1. The second kappa shape index (κ2) is 13.3. The van der Waals surface area contributed by atoms with E-state index in [-0.39, 0.29) is 19.4 Å². The van der Waals surface area contributed by atoms with Crippen LogP contribution in [0, 0.1) is 5.41 Å². The number of likely N-dealkylation sites (tertiary alicyclic amines) is 1. The van der Waals surface area contributed by atoms with E-state index in [1.165, 1.54) is 12.0 Å². The molecule has 0 aromatic heterocycles. The van der Waals surface area contributed by atoms with Gasteiger partial charge < -0.3 is 39.4 Å². The highest BCUT2D eigenvalue weighted by atomic mass is 16.7. The lowest BCUT2D eigenvalue weighted by atomic mass is 9.78. The fraction of sp³-hybridized carbons (Fsp3) is 0.688. The molecule has 0 aliphatic carbocycles. The molecule has 2 heterocycles. The van der Waals surface area contributed by atoms with Crippen molar-refractivity contribution < 1.29 is 43.1 Å². The number of methoxy groups -OCH3 is 1. The molecule has 3 rings (SSSR count). The van der Waals surface area contributed by atoms with E-state index in [0.717, 1.165) is 5.46 Å². The minimum atomic E-state index is -1.04. The van der Waals surface area contributed by atoms with Crippen LogP contribution in [-0.2, 0) is 33.2 Å². The van der Waals surface area contributed by atoms with E-state index in [0.29, 0.717) is 5.56 Å². The van der Waals surface area contributed by atoms with E-state index in [1.54, 1.807) is 53.7 Å². The number of ether oxygens (including phenoxy) is 2. The Kier molecular flexibility index (Phi) is 10.7. The van der Waals surface area contributed by atoms with Crippen molar-refractivity contribution in [2.24, 2.45) is 5.41 Å². The van der Waals surface area contributed by atoms with Gasteiger partial charge in [-0.3, -0.25) is 14.4 Å². The van der Waals surface area contributed by atoms with Crippen LogP contribution >= 0.6 is 0 Å². The number of carbonyl (C=O) groups is 4. The molecule has 2 fully saturated rings. The lowest BCUT2D eigenvalue weighted by Gasteiger charge is -2.36. The molecule has 3 N–H and O–H groups in total. The normalized spacial score (nSPS) is 22.4. The minimum Gasteiger partial charge on any atom is -0.469 e. The second-order valence-electron chi connectivity index (χ2n) is 14.9. The maximum atomic E-state index is 13.9. The molecular formula is C32H50BN3O9. The van der Waals surface area contributed by atoms with Crippen LogP contribution in [0.15, 0.2) is 24.3 Å². The Morgan fingerprint density at radius 1 is 1.00 bits per heavy atom. The number of alkyl carbamates (subject to hydrolysis) is 1. The number of hydrogen-bond donors (Lipinski definition) is 3. The number of rotatable bonds is 8. The molecule has 1 aromatic rings. The quantitative estimate of drug-likeness (QED) is 0.290. The van der Waals surface area contributed by atoms with E-state index >= 15 is 0 Å². The Hall–Kier alpha value is -3.16. The number of benzene rings is 1. The summed E-state index contributed by atoms with van der Waals surface area (Å²) < 4.78 is 22.5. The van der Waals surface area contributed by atoms with Gasteiger partial charge in [-0.25, -0.2) is 4.79 Å². The summed E-state index contributed by atoms with van der Waals surface area (Å²) >= 11 is 0. The monoisotopic (exact) mass is 631 g/mol. The third-order valence-corrected chi connectivity index (χ3v) is 8.42. The first-order chi connectivity index (χ1) is 20.5. The molecule has 12 nitrogen and oxygen atoms in total. The first-order valence-electron chi connectivity index (χ1n) is 15.4. The van der Waals surface area contributed by atoms with Crippen molar-refractivity contribution >= 4 is 36.5 Å². The van der Waals surface area contributed by atoms with Crippen molar-refractivity contribution in [1.29, 1.82) is 0 Å². The fourth-order valence-corrected chi connectivity index (χ4v) is 5.18. The predicted molar refractivity (Wildman–Crippen MR) is 168 cm³/mol. The van der Waals surface area contributed by atoms with Crippen molar-refractivity contribution in [2.75, 3.05) is 13.7 Å². The number of esters is 1. The maximum Gasteiger partial charge on any atom is 0.494 e. The zero-order chi connectivity index (χ0) is 34.1. The van der Waals surface area contributed by atoms with Gasteiger partial charge in [-0.05, 0) is 64.9 Å². The molecule has 2 saturated heterocycles. The van der Waals surface area contributed by atoms with Crippen molar-refractivity contribution in [3.8, 4) is 0 Å². The summed E-state index contributed by atoms with van der Waals surface area (Å²) in [4.78, 5) is 53.9. The molecule has 0 radical (unpaired) electrons. The Balaban J connectivity index is 1.82. The molecule has 3 amide bonds. The van der Waals surface area contributed by atoms with Gasteiger partial charge in [0.1, 0.15) is 17.7 Å². The third kappa shape index (κ3) is 8.98. The zero-order valence-corrected chi connectivity index (χ0v) is 28.5. The molecule has 250 valence electrons. The summed E-state index contributed by atoms with van der Waals surface area (Å²) in [5.74, 6) is -1.61. The highest BCUT2D eigenvalue weighted by Crippen LogP contribution is 2.36. The number of nitrogens with one attached hydrogen (secondary N) is 2. The molecule has 0 spiro atoms. The first kappa shape index (κ1) is 36.3. The largest absolute Gasteiger partial charge is 0.494 e.